The van der Waals surface area contributed by atoms with Gasteiger partial charge in [-0.05, 0) is 17.7 Å². The van der Waals surface area contributed by atoms with Crippen LogP contribution in [0.25, 0.3) is 0 Å². The van der Waals surface area contributed by atoms with E-state index in [0.717, 1.165) is 0 Å². The van der Waals surface area contributed by atoms with Crippen LogP contribution >= 0.6 is 12.4 Å². The smallest absolute Gasteiger partial charge is 0.406 e. The van der Waals surface area contributed by atoms with E-state index in [0.29, 0.717) is 5.56 Å². The summed E-state index contributed by atoms with van der Waals surface area (Å²) < 4.78 is 44.3. The van der Waals surface area contributed by atoms with Crippen LogP contribution in [0, 0.1) is 0 Å². The lowest BCUT2D eigenvalue weighted by Gasteiger charge is -2.12. The minimum absolute atomic E-state index is 0. The van der Waals surface area contributed by atoms with E-state index < -0.39 is 18.3 Å². The van der Waals surface area contributed by atoms with Crippen molar-refractivity contribution in [2.75, 3.05) is 13.7 Å². The van der Waals surface area contributed by atoms with Crippen LogP contribution in [-0.4, -0.2) is 32.0 Å². The van der Waals surface area contributed by atoms with Crippen molar-refractivity contribution < 1.29 is 27.4 Å². The molecule has 0 aromatic heterocycles. The summed E-state index contributed by atoms with van der Waals surface area (Å²) >= 11 is 0. The number of methoxy groups -OCH3 is 1. The maximum atomic E-state index is 12.0. The van der Waals surface area contributed by atoms with Crippen LogP contribution in [0.5, 0.6) is 5.75 Å². The summed E-state index contributed by atoms with van der Waals surface area (Å²) in [4.78, 5) is 11.5. The zero-order chi connectivity index (χ0) is 15.2. The summed E-state index contributed by atoms with van der Waals surface area (Å²) in [5, 5.41) is 2.54. The molecule has 0 spiro atoms. The van der Waals surface area contributed by atoms with Crippen LogP contribution in [0.4, 0.5) is 13.2 Å². The number of benzene rings is 1. The number of halogens is 4. The fourth-order valence-corrected chi connectivity index (χ4v) is 1.38. The van der Waals surface area contributed by atoms with Crippen molar-refractivity contribution in [3.8, 4) is 5.75 Å². The molecule has 1 atom stereocenters. The number of alkyl halides is 3. The van der Waals surface area contributed by atoms with Gasteiger partial charge in [0.25, 0.3) is 0 Å². The number of nitrogens with one attached hydrogen (secondary N) is 1. The van der Waals surface area contributed by atoms with Crippen molar-refractivity contribution >= 4 is 18.3 Å². The molecule has 0 saturated carbocycles. The quantitative estimate of drug-likeness (QED) is 0.832. The molecule has 0 bridgehead atoms. The van der Waals surface area contributed by atoms with Gasteiger partial charge < -0.3 is 20.5 Å². The molecule has 120 valence electrons. The Hall–Kier alpha value is -1.51. The number of carbonyl (C=O) groups excluding carboxylic acids is 1. The predicted molar refractivity (Wildman–Crippen MR) is 72.1 cm³/mol. The van der Waals surface area contributed by atoms with Gasteiger partial charge in [0, 0.05) is 13.7 Å². The summed E-state index contributed by atoms with van der Waals surface area (Å²) in [7, 11) is 1.42. The Bertz CT molecular complexity index is 440. The maximum Gasteiger partial charge on any atom is 0.573 e. The monoisotopic (exact) mass is 328 g/mol. The molecule has 0 aliphatic heterocycles. The van der Waals surface area contributed by atoms with E-state index in [1.54, 1.807) is 0 Å². The third kappa shape index (κ3) is 7.74. The van der Waals surface area contributed by atoms with Crippen LogP contribution in [-0.2, 0) is 16.1 Å². The van der Waals surface area contributed by atoms with Crippen molar-refractivity contribution in [3.63, 3.8) is 0 Å². The fourth-order valence-electron chi connectivity index (χ4n) is 1.38. The fraction of sp³-hybridized carbons (Fsp3) is 0.417. The lowest BCUT2D eigenvalue weighted by molar-refractivity contribution is -0.274. The van der Waals surface area contributed by atoms with E-state index in [2.05, 4.69) is 10.1 Å². The third-order valence-electron chi connectivity index (χ3n) is 2.31. The van der Waals surface area contributed by atoms with E-state index >= 15 is 0 Å². The number of nitrogens with two attached hydrogens (primary N) is 1. The first kappa shape index (κ1) is 19.5. The van der Waals surface area contributed by atoms with Gasteiger partial charge in [0.1, 0.15) is 11.8 Å². The zero-order valence-corrected chi connectivity index (χ0v) is 12.0. The largest absolute Gasteiger partial charge is 0.573 e. The maximum absolute atomic E-state index is 12.0. The Labute approximate surface area is 126 Å². The number of hydrogen-bond acceptors (Lipinski definition) is 4. The average molecular weight is 329 g/mol. The highest BCUT2D eigenvalue weighted by Gasteiger charge is 2.30. The Kier molecular flexibility index (Phi) is 8.08. The molecule has 1 rings (SSSR count). The molecule has 1 aromatic carbocycles. The molecular weight excluding hydrogens is 313 g/mol. The molecular formula is C12H16ClF3N2O3. The van der Waals surface area contributed by atoms with Gasteiger partial charge in [-0.1, -0.05) is 12.1 Å². The normalized spacial score (nSPS) is 12.2. The number of rotatable bonds is 6. The average Bonchev–Trinajstić information content (AvgIpc) is 2.36. The number of amides is 1. The molecule has 1 unspecified atom stereocenters. The highest BCUT2D eigenvalue weighted by atomic mass is 35.5. The topological polar surface area (TPSA) is 73.6 Å². The molecule has 9 heteroatoms. The lowest BCUT2D eigenvalue weighted by atomic mass is 10.2. The Morgan fingerprint density at radius 2 is 1.90 bits per heavy atom. The number of hydrogen-bond donors (Lipinski definition) is 2. The Morgan fingerprint density at radius 3 is 2.38 bits per heavy atom. The molecule has 0 aliphatic carbocycles. The zero-order valence-electron chi connectivity index (χ0n) is 11.1. The van der Waals surface area contributed by atoms with Gasteiger partial charge in [-0.15, -0.1) is 25.6 Å². The highest BCUT2D eigenvalue weighted by molar-refractivity contribution is 5.85. The number of carbonyl (C=O) groups is 1. The minimum atomic E-state index is -4.72. The highest BCUT2D eigenvalue weighted by Crippen LogP contribution is 2.22. The van der Waals surface area contributed by atoms with Crippen LogP contribution in [0.1, 0.15) is 5.56 Å². The first-order chi connectivity index (χ1) is 9.31. The summed E-state index contributed by atoms with van der Waals surface area (Å²) in [6.45, 7) is 0.243. The molecule has 3 N–H and O–H groups in total. The van der Waals surface area contributed by atoms with E-state index in [-0.39, 0.29) is 31.3 Å². The first-order valence-corrected chi connectivity index (χ1v) is 5.68. The van der Waals surface area contributed by atoms with Crippen LogP contribution in [0.2, 0.25) is 0 Å². The van der Waals surface area contributed by atoms with Crippen LogP contribution in [0.15, 0.2) is 24.3 Å². The Morgan fingerprint density at radius 1 is 1.33 bits per heavy atom. The SMILES string of the molecule is COCC(N)C(=O)NCc1ccc(OC(F)(F)F)cc1.Cl. The van der Waals surface area contributed by atoms with Gasteiger partial charge in [0.05, 0.1) is 6.61 Å². The molecule has 0 aliphatic rings. The molecule has 21 heavy (non-hydrogen) atoms. The molecule has 0 fully saturated rings. The second kappa shape index (κ2) is 8.71. The summed E-state index contributed by atoms with van der Waals surface area (Å²) in [5.41, 5.74) is 6.13. The van der Waals surface area contributed by atoms with Gasteiger partial charge in [-0.25, -0.2) is 0 Å². The van der Waals surface area contributed by atoms with Crippen molar-refractivity contribution in [2.24, 2.45) is 5.73 Å². The van der Waals surface area contributed by atoms with E-state index in [9.17, 15) is 18.0 Å². The van der Waals surface area contributed by atoms with Gasteiger partial charge in [0.15, 0.2) is 0 Å². The van der Waals surface area contributed by atoms with Crippen LogP contribution < -0.4 is 15.8 Å². The molecule has 0 heterocycles. The third-order valence-corrected chi connectivity index (χ3v) is 2.31. The van der Waals surface area contributed by atoms with Crippen molar-refractivity contribution in [2.45, 2.75) is 18.9 Å². The van der Waals surface area contributed by atoms with E-state index in [1.165, 1.54) is 31.4 Å². The summed E-state index contributed by atoms with van der Waals surface area (Å²) in [6.07, 6.45) is -4.72. The van der Waals surface area contributed by atoms with Gasteiger partial charge in [-0.3, -0.25) is 4.79 Å². The van der Waals surface area contributed by atoms with Gasteiger partial charge in [-0.2, -0.15) is 0 Å². The predicted octanol–water partition coefficient (Wildman–Crippen LogP) is 1.60. The second-order valence-corrected chi connectivity index (χ2v) is 3.97. The molecule has 0 saturated heterocycles. The van der Waals surface area contributed by atoms with E-state index in [1.807, 2.05) is 0 Å². The molecule has 1 aromatic rings. The van der Waals surface area contributed by atoms with Crippen molar-refractivity contribution in [1.29, 1.82) is 0 Å². The van der Waals surface area contributed by atoms with Gasteiger partial charge in [0.2, 0.25) is 5.91 Å². The van der Waals surface area contributed by atoms with Crippen LogP contribution in [0.3, 0.4) is 0 Å². The summed E-state index contributed by atoms with van der Waals surface area (Å²) in [6, 6.07) is 4.40. The van der Waals surface area contributed by atoms with E-state index in [4.69, 9.17) is 10.5 Å². The standard InChI is InChI=1S/C12H15F3N2O3.ClH/c1-19-7-10(16)11(18)17-6-8-2-4-9(5-3-8)20-12(13,14)15;/h2-5,10H,6-7,16H2,1H3,(H,17,18);1H. The molecule has 0 radical (unpaired) electrons. The summed E-state index contributed by atoms with van der Waals surface area (Å²) in [5.74, 6) is -0.717. The Balaban J connectivity index is 0.00000400. The van der Waals surface area contributed by atoms with Crippen molar-refractivity contribution in [3.05, 3.63) is 29.8 Å². The van der Waals surface area contributed by atoms with Crippen molar-refractivity contribution in [1.82, 2.24) is 5.32 Å². The molecule has 5 nitrogen and oxygen atoms in total. The lowest BCUT2D eigenvalue weighted by Crippen LogP contribution is -2.43. The number of ether oxygens (including phenoxy) is 2. The molecule has 1 amide bonds. The second-order valence-electron chi connectivity index (χ2n) is 3.97. The first-order valence-electron chi connectivity index (χ1n) is 5.68. The van der Waals surface area contributed by atoms with Gasteiger partial charge >= 0.3 is 6.36 Å². The minimum Gasteiger partial charge on any atom is -0.406 e.